The van der Waals surface area contributed by atoms with Gasteiger partial charge in [-0.05, 0) is 19.8 Å². The maximum atomic E-state index is 10.9. The Balaban J connectivity index is 4.45. The number of primary amides is 1. The number of nitrogens with zero attached hydrogens (tertiary/aromatic N) is 1. The molecule has 0 heterocycles. The van der Waals surface area contributed by atoms with Crippen molar-refractivity contribution in [3.8, 4) is 0 Å². The summed E-state index contributed by atoms with van der Waals surface area (Å²) >= 11 is 0. The second kappa shape index (κ2) is 5.32. The summed E-state index contributed by atoms with van der Waals surface area (Å²) in [6.07, 6.45) is 0. The summed E-state index contributed by atoms with van der Waals surface area (Å²) in [4.78, 5) is 12.9. The van der Waals surface area contributed by atoms with E-state index in [2.05, 4.69) is 13.8 Å². The van der Waals surface area contributed by atoms with Gasteiger partial charge in [-0.3, -0.25) is 9.69 Å². The Morgan fingerprint density at radius 3 is 2.21 bits per heavy atom. The smallest absolute Gasteiger partial charge is 0.231 e. The molecule has 0 saturated carbocycles. The first-order valence-corrected chi connectivity index (χ1v) is 5.03. The summed E-state index contributed by atoms with van der Waals surface area (Å²) in [5.41, 5.74) is 10.7. The molecule has 0 aromatic rings. The lowest BCUT2D eigenvalue weighted by Gasteiger charge is -2.38. The number of hydrogen-bond donors (Lipinski definition) is 2. The molecule has 0 bridgehead atoms. The first kappa shape index (κ1) is 13.4. The highest BCUT2D eigenvalue weighted by molar-refractivity contribution is 5.76. The van der Waals surface area contributed by atoms with E-state index >= 15 is 0 Å². The average molecular weight is 201 g/mol. The molecule has 4 nitrogen and oxygen atoms in total. The predicted molar refractivity (Wildman–Crippen MR) is 58.7 cm³/mol. The Morgan fingerprint density at radius 1 is 1.43 bits per heavy atom. The third kappa shape index (κ3) is 4.58. The largest absolute Gasteiger partial charge is 0.369 e. The molecule has 0 unspecified atom stereocenters. The van der Waals surface area contributed by atoms with Crippen LogP contribution in [0.25, 0.3) is 0 Å². The average Bonchev–Trinajstić information content (AvgIpc) is 2.01. The van der Waals surface area contributed by atoms with Gasteiger partial charge in [-0.2, -0.15) is 0 Å². The number of nitrogens with two attached hydrogens (primary N) is 2. The van der Waals surface area contributed by atoms with Crippen molar-refractivity contribution in [2.24, 2.45) is 17.4 Å². The van der Waals surface area contributed by atoms with Crippen LogP contribution >= 0.6 is 0 Å². The quantitative estimate of drug-likeness (QED) is 0.643. The Labute approximate surface area is 86.6 Å². The zero-order valence-corrected chi connectivity index (χ0v) is 9.71. The SMILES string of the molecule is CC(C)CN(CC(N)=O)C(C)(C)CN. The molecule has 84 valence electrons. The van der Waals surface area contributed by atoms with Crippen molar-refractivity contribution in [2.75, 3.05) is 19.6 Å². The lowest BCUT2D eigenvalue weighted by molar-refractivity contribution is -0.120. The van der Waals surface area contributed by atoms with Crippen molar-refractivity contribution in [3.05, 3.63) is 0 Å². The molecule has 0 rings (SSSR count). The van der Waals surface area contributed by atoms with Crippen LogP contribution in [0, 0.1) is 5.92 Å². The molecule has 0 aliphatic rings. The zero-order valence-electron chi connectivity index (χ0n) is 9.71. The van der Waals surface area contributed by atoms with Gasteiger partial charge < -0.3 is 11.5 Å². The summed E-state index contributed by atoms with van der Waals surface area (Å²) in [6.45, 7) is 9.92. The van der Waals surface area contributed by atoms with E-state index in [0.717, 1.165) is 6.54 Å². The van der Waals surface area contributed by atoms with E-state index in [9.17, 15) is 4.79 Å². The molecule has 14 heavy (non-hydrogen) atoms. The van der Waals surface area contributed by atoms with Crippen molar-refractivity contribution >= 4 is 5.91 Å². The molecule has 0 aliphatic heterocycles. The first-order chi connectivity index (χ1) is 6.29. The Morgan fingerprint density at radius 2 is 1.93 bits per heavy atom. The number of amides is 1. The van der Waals surface area contributed by atoms with Crippen LogP contribution in [0.2, 0.25) is 0 Å². The standard InChI is InChI=1S/C10H23N3O/c1-8(2)5-13(6-9(12)14)10(3,4)7-11/h8H,5-7,11H2,1-4H3,(H2,12,14). The zero-order chi connectivity index (χ0) is 11.4. The minimum atomic E-state index is -0.299. The molecule has 4 N–H and O–H groups in total. The molecular formula is C10H23N3O. The van der Waals surface area contributed by atoms with Crippen LogP contribution in [0.3, 0.4) is 0 Å². The van der Waals surface area contributed by atoms with E-state index in [1.165, 1.54) is 0 Å². The van der Waals surface area contributed by atoms with Crippen LogP contribution in [0.15, 0.2) is 0 Å². The van der Waals surface area contributed by atoms with Crippen molar-refractivity contribution in [2.45, 2.75) is 33.2 Å². The van der Waals surface area contributed by atoms with Gasteiger partial charge in [-0.15, -0.1) is 0 Å². The van der Waals surface area contributed by atoms with Crippen LogP contribution in [0.4, 0.5) is 0 Å². The van der Waals surface area contributed by atoms with Gasteiger partial charge in [0.25, 0.3) is 0 Å². The molecule has 0 fully saturated rings. The number of rotatable bonds is 6. The topological polar surface area (TPSA) is 72.3 Å². The van der Waals surface area contributed by atoms with Gasteiger partial charge >= 0.3 is 0 Å². The molecule has 0 aliphatic carbocycles. The highest BCUT2D eigenvalue weighted by Crippen LogP contribution is 2.14. The Hall–Kier alpha value is -0.610. The van der Waals surface area contributed by atoms with Crippen molar-refractivity contribution in [1.82, 2.24) is 4.90 Å². The third-order valence-electron chi connectivity index (χ3n) is 2.29. The third-order valence-corrected chi connectivity index (χ3v) is 2.29. The van der Waals surface area contributed by atoms with Crippen LogP contribution < -0.4 is 11.5 Å². The van der Waals surface area contributed by atoms with Crippen molar-refractivity contribution < 1.29 is 4.79 Å². The summed E-state index contributed by atoms with van der Waals surface area (Å²) in [5.74, 6) is 0.201. The highest BCUT2D eigenvalue weighted by atomic mass is 16.1. The number of carbonyl (C=O) groups excluding carboxylic acids is 1. The van der Waals surface area contributed by atoms with Crippen LogP contribution in [0.1, 0.15) is 27.7 Å². The minimum absolute atomic E-state index is 0.167. The van der Waals surface area contributed by atoms with Crippen LogP contribution in [0.5, 0.6) is 0 Å². The first-order valence-electron chi connectivity index (χ1n) is 5.03. The van der Waals surface area contributed by atoms with Gasteiger partial charge in [-0.25, -0.2) is 0 Å². The van der Waals surface area contributed by atoms with E-state index in [1.54, 1.807) is 0 Å². The van der Waals surface area contributed by atoms with Gasteiger partial charge in [-0.1, -0.05) is 13.8 Å². The summed E-state index contributed by atoms with van der Waals surface area (Å²) in [6, 6.07) is 0. The highest BCUT2D eigenvalue weighted by Gasteiger charge is 2.26. The minimum Gasteiger partial charge on any atom is -0.369 e. The van der Waals surface area contributed by atoms with E-state index in [-0.39, 0.29) is 18.0 Å². The lowest BCUT2D eigenvalue weighted by atomic mass is 10.0. The fourth-order valence-electron chi connectivity index (χ4n) is 1.28. The van der Waals surface area contributed by atoms with Gasteiger partial charge in [0, 0.05) is 18.6 Å². The molecule has 0 radical (unpaired) electrons. The van der Waals surface area contributed by atoms with E-state index < -0.39 is 0 Å². The van der Waals surface area contributed by atoms with E-state index in [1.807, 2.05) is 18.7 Å². The predicted octanol–water partition coefficient (Wildman–Crippen LogP) is 0.167. The Kier molecular flexibility index (Phi) is 5.08. The molecule has 0 aromatic carbocycles. The van der Waals surface area contributed by atoms with Gasteiger partial charge in [0.2, 0.25) is 5.91 Å². The van der Waals surface area contributed by atoms with Crippen molar-refractivity contribution in [1.29, 1.82) is 0 Å². The normalized spacial score (nSPS) is 12.5. The lowest BCUT2D eigenvalue weighted by Crippen LogP contribution is -2.53. The fraction of sp³-hybridized carbons (Fsp3) is 0.900. The van der Waals surface area contributed by atoms with Gasteiger partial charge in [0.15, 0.2) is 0 Å². The summed E-state index contributed by atoms with van der Waals surface area (Å²) in [5, 5.41) is 0. The molecule has 1 amide bonds. The molecule has 0 spiro atoms. The second-order valence-electron chi connectivity index (χ2n) is 4.76. The molecular weight excluding hydrogens is 178 g/mol. The molecule has 0 atom stereocenters. The fourth-order valence-corrected chi connectivity index (χ4v) is 1.28. The second-order valence-corrected chi connectivity index (χ2v) is 4.76. The maximum absolute atomic E-state index is 10.9. The van der Waals surface area contributed by atoms with Crippen LogP contribution in [-0.2, 0) is 4.79 Å². The molecule has 0 aromatic heterocycles. The maximum Gasteiger partial charge on any atom is 0.231 e. The monoisotopic (exact) mass is 201 g/mol. The summed E-state index contributed by atoms with van der Waals surface area (Å²) < 4.78 is 0. The van der Waals surface area contributed by atoms with Crippen molar-refractivity contribution in [3.63, 3.8) is 0 Å². The Bertz CT molecular complexity index is 190. The van der Waals surface area contributed by atoms with Gasteiger partial charge in [0.05, 0.1) is 6.54 Å². The van der Waals surface area contributed by atoms with E-state index in [0.29, 0.717) is 12.5 Å². The molecule has 0 saturated heterocycles. The number of carbonyl (C=O) groups is 1. The van der Waals surface area contributed by atoms with Gasteiger partial charge in [0.1, 0.15) is 0 Å². The number of hydrogen-bond acceptors (Lipinski definition) is 3. The van der Waals surface area contributed by atoms with Crippen LogP contribution in [-0.4, -0.2) is 36.0 Å². The summed E-state index contributed by atoms with van der Waals surface area (Å²) in [7, 11) is 0. The van der Waals surface area contributed by atoms with E-state index in [4.69, 9.17) is 11.5 Å². The molecule has 4 heteroatoms.